The number of nitrogens with zero attached hydrogens (tertiary/aromatic N) is 5. The molecule has 0 spiro atoms. The van der Waals surface area contributed by atoms with Crippen molar-refractivity contribution in [2.45, 2.75) is 66.1 Å². The topological polar surface area (TPSA) is 87.8 Å². The third-order valence-corrected chi connectivity index (χ3v) is 8.83. The second kappa shape index (κ2) is 14.9. The smallest absolute Gasteiger partial charge is 0.406 e. The van der Waals surface area contributed by atoms with Gasteiger partial charge in [0, 0.05) is 30.1 Å². The van der Waals surface area contributed by atoms with E-state index in [0.29, 0.717) is 18.1 Å². The highest BCUT2D eigenvalue weighted by molar-refractivity contribution is 8.14. The first-order valence-electron chi connectivity index (χ1n) is 15.8. The number of thioether (sulfide) groups is 1. The van der Waals surface area contributed by atoms with Crippen LogP contribution < -0.4 is 15.0 Å². The quantitative estimate of drug-likeness (QED) is 0.151. The van der Waals surface area contributed by atoms with Crippen molar-refractivity contribution in [3.8, 4) is 22.8 Å². The number of aliphatic hydroxyl groups excluding tert-OH is 1. The van der Waals surface area contributed by atoms with E-state index in [9.17, 15) is 18.3 Å². The third-order valence-electron chi connectivity index (χ3n) is 7.76. The van der Waals surface area contributed by atoms with E-state index in [1.807, 2.05) is 24.3 Å². The molecule has 1 unspecified atom stereocenters. The lowest BCUT2D eigenvalue weighted by Crippen LogP contribution is -2.40. The van der Waals surface area contributed by atoms with Crippen LogP contribution in [0.1, 0.15) is 50.3 Å². The fourth-order valence-electron chi connectivity index (χ4n) is 5.52. The molecule has 1 fully saturated rings. The van der Waals surface area contributed by atoms with Crippen molar-refractivity contribution >= 4 is 22.6 Å². The molecule has 0 amide bonds. The predicted octanol–water partition coefficient (Wildman–Crippen LogP) is 7.53. The summed E-state index contributed by atoms with van der Waals surface area (Å²) in [6.07, 6.45) is -0.348. The molecule has 1 aliphatic heterocycles. The van der Waals surface area contributed by atoms with Gasteiger partial charge in [-0.1, -0.05) is 75.4 Å². The van der Waals surface area contributed by atoms with Gasteiger partial charge in [0.05, 0.1) is 5.69 Å². The van der Waals surface area contributed by atoms with Crippen molar-refractivity contribution in [2.24, 2.45) is 10.4 Å². The Kier molecular flexibility index (Phi) is 10.9. The summed E-state index contributed by atoms with van der Waals surface area (Å²) in [5, 5.41) is 19.5. The molecular formula is C35H41F3N6O2S. The Morgan fingerprint density at radius 2 is 1.81 bits per heavy atom. The van der Waals surface area contributed by atoms with Gasteiger partial charge in [0.15, 0.2) is 11.0 Å². The molecule has 12 heteroatoms. The van der Waals surface area contributed by atoms with E-state index in [4.69, 9.17) is 4.99 Å². The van der Waals surface area contributed by atoms with Gasteiger partial charge in [-0.05, 0) is 78.6 Å². The van der Waals surface area contributed by atoms with Crippen LogP contribution in [0.4, 0.5) is 18.9 Å². The van der Waals surface area contributed by atoms with Gasteiger partial charge in [0.25, 0.3) is 0 Å². The summed E-state index contributed by atoms with van der Waals surface area (Å²) in [6, 6.07) is 20.0. The number of nitrogens with one attached hydrogen (secondary N) is 1. The summed E-state index contributed by atoms with van der Waals surface area (Å²) in [5.41, 5.74) is 6.03. The molecule has 250 valence electrons. The number of alkyl halides is 3. The summed E-state index contributed by atoms with van der Waals surface area (Å²) in [4.78, 5) is 11.3. The first-order valence-corrected chi connectivity index (χ1v) is 16.7. The van der Waals surface area contributed by atoms with Crippen LogP contribution in [-0.2, 0) is 12.8 Å². The molecule has 1 atom stereocenters. The molecule has 2 heterocycles. The molecule has 1 aromatic heterocycles. The SMILES string of the molecule is CCCc1ccc(C)cc1N1CCCS/C1=N\C(O)NCC(C)(C)Cc1ccc(-c2ncn(-c3ccc(OC(F)(F)F)cc3)n2)cc1. The molecule has 47 heavy (non-hydrogen) atoms. The minimum Gasteiger partial charge on any atom is -0.406 e. The second-order valence-electron chi connectivity index (χ2n) is 12.5. The third kappa shape index (κ3) is 9.59. The number of hydrogen-bond acceptors (Lipinski definition) is 7. The van der Waals surface area contributed by atoms with Crippen LogP contribution in [0.25, 0.3) is 17.1 Å². The number of benzene rings is 3. The molecule has 5 rings (SSSR count). The maximum absolute atomic E-state index is 12.5. The van der Waals surface area contributed by atoms with Crippen LogP contribution in [0.5, 0.6) is 5.75 Å². The van der Waals surface area contributed by atoms with E-state index in [1.54, 1.807) is 11.8 Å². The van der Waals surface area contributed by atoms with E-state index in [0.717, 1.165) is 54.3 Å². The highest BCUT2D eigenvalue weighted by Gasteiger charge is 2.31. The maximum Gasteiger partial charge on any atom is 0.573 e. The number of amidine groups is 1. The Balaban J connectivity index is 1.18. The van der Waals surface area contributed by atoms with E-state index in [2.05, 4.69) is 70.9 Å². The lowest BCUT2D eigenvalue weighted by atomic mass is 9.85. The zero-order valence-corrected chi connectivity index (χ0v) is 27.9. The fraction of sp³-hybridized carbons (Fsp3) is 0.400. The highest BCUT2D eigenvalue weighted by Crippen LogP contribution is 2.31. The number of rotatable bonds is 12. The number of halogens is 3. The van der Waals surface area contributed by atoms with Crippen LogP contribution in [-0.4, -0.2) is 56.6 Å². The summed E-state index contributed by atoms with van der Waals surface area (Å²) >= 11 is 1.69. The van der Waals surface area contributed by atoms with Gasteiger partial charge in [-0.3, -0.25) is 5.32 Å². The standard InChI is InChI=1S/C35H41F3N6O2S/c1-5-7-26-11-8-24(2)20-30(26)43-18-6-19-47-33(43)41-32(45)39-22-34(3,4)21-25-9-12-27(13-10-25)31-40-23-44(42-31)28-14-16-29(17-15-28)46-35(36,37)38/h8-17,20,23,32,39,45H,5-7,18-19,21-22H2,1-4H3/b41-33-. The molecule has 2 N–H and O–H groups in total. The first kappa shape index (κ1) is 34.5. The van der Waals surface area contributed by atoms with Crippen LogP contribution in [0, 0.1) is 12.3 Å². The van der Waals surface area contributed by atoms with Crippen molar-refractivity contribution in [1.29, 1.82) is 0 Å². The van der Waals surface area contributed by atoms with E-state index in [-0.39, 0.29) is 11.2 Å². The average molecular weight is 667 g/mol. The number of aryl methyl sites for hydroxylation is 2. The zero-order valence-electron chi connectivity index (χ0n) is 27.1. The lowest BCUT2D eigenvalue weighted by molar-refractivity contribution is -0.274. The highest BCUT2D eigenvalue weighted by atomic mass is 32.2. The summed E-state index contributed by atoms with van der Waals surface area (Å²) in [7, 11) is 0. The van der Waals surface area contributed by atoms with E-state index in [1.165, 1.54) is 52.1 Å². The van der Waals surface area contributed by atoms with Crippen LogP contribution >= 0.6 is 11.8 Å². The molecule has 1 saturated heterocycles. The second-order valence-corrected chi connectivity index (χ2v) is 13.6. The first-order chi connectivity index (χ1) is 22.4. The number of aliphatic imine (C=N–C) groups is 1. The van der Waals surface area contributed by atoms with Crippen LogP contribution in [0.3, 0.4) is 0 Å². The van der Waals surface area contributed by atoms with Crippen molar-refractivity contribution in [3.63, 3.8) is 0 Å². The molecule has 8 nitrogen and oxygen atoms in total. The monoisotopic (exact) mass is 666 g/mol. The van der Waals surface area contributed by atoms with Gasteiger partial charge in [-0.2, -0.15) is 0 Å². The van der Waals surface area contributed by atoms with Gasteiger partial charge >= 0.3 is 6.36 Å². The number of anilines is 1. The number of aliphatic hydroxyl groups is 1. The molecule has 0 bridgehead atoms. The van der Waals surface area contributed by atoms with Gasteiger partial charge in [-0.25, -0.2) is 14.7 Å². The van der Waals surface area contributed by atoms with Crippen LogP contribution in [0.15, 0.2) is 78.0 Å². The number of ether oxygens (including phenoxy) is 1. The maximum atomic E-state index is 12.5. The number of aromatic nitrogens is 3. The predicted molar refractivity (Wildman–Crippen MR) is 182 cm³/mol. The minimum atomic E-state index is -4.74. The Morgan fingerprint density at radius 3 is 2.51 bits per heavy atom. The van der Waals surface area contributed by atoms with Crippen molar-refractivity contribution in [3.05, 3.63) is 89.7 Å². The largest absolute Gasteiger partial charge is 0.573 e. The van der Waals surface area contributed by atoms with Crippen molar-refractivity contribution in [1.82, 2.24) is 20.1 Å². The van der Waals surface area contributed by atoms with Crippen molar-refractivity contribution in [2.75, 3.05) is 23.7 Å². The summed E-state index contributed by atoms with van der Waals surface area (Å²) in [5.74, 6) is 1.17. The number of hydrogen-bond donors (Lipinski definition) is 2. The average Bonchev–Trinajstić information content (AvgIpc) is 3.52. The molecular weight excluding hydrogens is 625 g/mol. The molecule has 4 aromatic rings. The van der Waals surface area contributed by atoms with Gasteiger partial charge in [-0.15, -0.1) is 18.3 Å². The van der Waals surface area contributed by atoms with Gasteiger partial charge < -0.3 is 14.7 Å². The van der Waals surface area contributed by atoms with E-state index >= 15 is 0 Å². The normalized spacial score (nSPS) is 15.7. The van der Waals surface area contributed by atoms with E-state index < -0.39 is 12.7 Å². The molecule has 1 aliphatic rings. The van der Waals surface area contributed by atoms with Crippen molar-refractivity contribution < 1.29 is 23.0 Å². The fourth-order valence-corrected chi connectivity index (χ4v) is 6.50. The zero-order chi connectivity index (χ0) is 33.6. The Bertz CT molecular complexity index is 1660. The molecule has 0 radical (unpaired) electrons. The van der Waals surface area contributed by atoms with Gasteiger partial charge in [0.2, 0.25) is 6.35 Å². The Labute approximate surface area is 278 Å². The minimum absolute atomic E-state index is 0.172. The molecule has 0 aliphatic carbocycles. The Morgan fingerprint density at radius 1 is 1.06 bits per heavy atom. The molecule has 3 aromatic carbocycles. The lowest BCUT2D eigenvalue weighted by Gasteiger charge is -2.32. The van der Waals surface area contributed by atoms with Gasteiger partial charge in [0.1, 0.15) is 12.1 Å². The summed E-state index contributed by atoms with van der Waals surface area (Å²) < 4.78 is 42.8. The summed E-state index contributed by atoms with van der Waals surface area (Å²) in [6.45, 7) is 10.0. The van der Waals surface area contributed by atoms with Crippen LogP contribution in [0.2, 0.25) is 0 Å². The Hall–Kier alpha value is -3.87. The molecule has 0 saturated carbocycles.